The molecule has 0 bridgehead atoms. The lowest BCUT2D eigenvalue weighted by Crippen LogP contribution is -2.22. The number of benzene rings is 1. The van der Waals surface area contributed by atoms with Gasteiger partial charge in [-0.25, -0.2) is 4.39 Å². The maximum Gasteiger partial charge on any atom is 0.123 e. The molecule has 1 aliphatic rings. The molecular formula is C15H18FN3. The lowest BCUT2D eigenvalue weighted by molar-refractivity contribution is 0.481. The number of nitrogens with one attached hydrogen (secondary N) is 1. The Morgan fingerprint density at radius 1 is 1.47 bits per heavy atom. The summed E-state index contributed by atoms with van der Waals surface area (Å²) in [7, 11) is 1.99. The fourth-order valence-electron chi connectivity index (χ4n) is 2.86. The van der Waals surface area contributed by atoms with Gasteiger partial charge in [-0.05, 0) is 44.0 Å². The van der Waals surface area contributed by atoms with Gasteiger partial charge in [-0.3, -0.25) is 4.68 Å². The van der Waals surface area contributed by atoms with E-state index in [2.05, 4.69) is 10.4 Å². The molecule has 100 valence electrons. The number of hydrogen-bond acceptors (Lipinski definition) is 2. The van der Waals surface area contributed by atoms with E-state index in [1.54, 1.807) is 12.1 Å². The van der Waals surface area contributed by atoms with Crippen LogP contribution in [-0.4, -0.2) is 16.8 Å². The molecule has 1 N–H and O–H groups in total. The summed E-state index contributed by atoms with van der Waals surface area (Å²) in [5.74, 6) is -0.188. The second-order valence-corrected chi connectivity index (χ2v) is 5.07. The number of hydrogen-bond donors (Lipinski definition) is 1. The van der Waals surface area contributed by atoms with Crippen LogP contribution in [0.15, 0.2) is 30.5 Å². The zero-order chi connectivity index (χ0) is 13.2. The zero-order valence-electron chi connectivity index (χ0n) is 11.1. The highest BCUT2D eigenvalue weighted by atomic mass is 19.1. The Hall–Kier alpha value is -1.68. The smallest absolute Gasteiger partial charge is 0.123 e. The van der Waals surface area contributed by atoms with E-state index >= 15 is 0 Å². The number of halogens is 1. The Labute approximate surface area is 112 Å². The Morgan fingerprint density at radius 2 is 2.37 bits per heavy atom. The Bertz CT molecular complexity index is 577. The van der Waals surface area contributed by atoms with Crippen molar-refractivity contribution in [3.05, 3.63) is 53.1 Å². The maximum absolute atomic E-state index is 13.2. The molecule has 3 nitrogen and oxygen atoms in total. The summed E-state index contributed by atoms with van der Waals surface area (Å²) >= 11 is 0. The van der Waals surface area contributed by atoms with Crippen molar-refractivity contribution in [1.82, 2.24) is 15.1 Å². The third kappa shape index (κ3) is 2.40. The highest BCUT2D eigenvalue weighted by Crippen LogP contribution is 2.29. The standard InChI is InChI=1S/C15H18FN3/c1-17-14-6-3-7-15-13(14)9-18-19(15)10-11-4-2-5-12(16)8-11/h2,4-5,8-9,14,17H,3,6-7,10H2,1H3. The Morgan fingerprint density at radius 3 is 3.16 bits per heavy atom. The molecule has 0 amide bonds. The van der Waals surface area contributed by atoms with E-state index in [4.69, 9.17) is 0 Å². The van der Waals surface area contributed by atoms with Crippen LogP contribution in [0.3, 0.4) is 0 Å². The lowest BCUT2D eigenvalue weighted by atomic mass is 9.93. The van der Waals surface area contributed by atoms with Crippen molar-refractivity contribution in [2.45, 2.75) is 31.8 Å². The van der Waals surface area contributed by atoms with Gasteiger partial charge >= 0.3 is 0 Å². The molecule has 1 atom stereocenters. The van der Waals surface area contributed by atoms with Gasteiger partial charge < -0.3 is 5.32 Å². The van der Waals surface area contributed by atoms with E-state index in [1.807, 2.05) is 24.0 Å². The van der Waals surface area contributed by atoms with Crippen molar-refractivity contribution < 1.29 is 4.39 Å². The van der Waals surface area contributed by atoms with E-state index in [1.165, 1.54) is 23.7 Å². The van der Waals surface area contributed by atoms with Crippen LogP contribution in [0, 0.1) is 5.82 Å². The number of rotatable bonds is 3. The average Bonchev–Trinajstić information content (AvgIpc) is 2.82. The summed E-state index contributed by atoms with van der Waals surface area (Å²) in [5, 5.41) is 7.81. The van der Waals surface area contributed by atoms with E-state index in [0.717, 1.165) is 18.4 Å². The Kier molecular flexibility index (Phi) is 3.34. The second kappa shape index (κ2) is 5.13. The first-order chi connectivity index (χ1) is 9.28. The van der Waals surface area contributed by atoms with E-state index < -0.39 is 0 Å². The van der Waals surface area contributed by atoms with Crippen LogP contribution in [0.2, 0.25) is 0 Å². The summed E-state index contributed by atoms with van der Waals surface area (Å²) in [6.07, 6.45) is 5.35. The fraction of sp³-hybridized carbons (Fsp3) is 0.400. The van der Waals surface area contributed by atoms with Crippen molar-refractivity contribution in [2.75, 3.05) is 7.05 Å². The minimum atomic E-state index is -0.188. The van der Waals surface area contributed by atoms with Crippen molar-refractivity contribution in [2.24, 2.45) is 0 Å². The maximum atomic E-state index is 13.2. The molecule has 1 aromatic carbocycles. The topological polar surface area (TPSA) is 29.9 Å². The van der Waals surface area contributed by atoms with Crippen molar-refractivity contribution in [1.29, 1.82) is 0 Å². The van der Waals surface area contributed by atoms with Crippen molar-refractivity contribution in [3.8, 4) is 0 Å². The molecule has 0 radical (unpaired) electrons. The molecule has 1 aromatic heterocycles. The largest absolute Gasteiger partial charge is 0.313 e. The van der Waals surface area contributed by atoms with E-state index in [-0.39, 0.29) is 5.82 Å². The van der Waals surface area contributed by atoms with Crippen LogP contribution in [0.4, 0.5) is 4.39 Å². The van der Waals surface area contributed by atoms with Crippen LogP contribution in [0.1, 0.15) is 35.7 Å². The second-order valence-electron chi connectivity index (χ2n) is 5.07. The summed E-state index contributed by atoms with van der Waals surface area (Å²) in [5.41, 5.74) is 3.54. The molecule has 0 saturated heterocycles. The first kappa shape index (κ1) is 12.4. The third-order valence-electron chi connectivity index (χ3n) is 3.83. The fourth-order valence-corrected chi connectivity index (χ4v) is 2.86. The first-order valence-electron chi connectivity index (χ1n) is 6.74. The van der Waals surface area contributed by atoms with Gasteiger partial charge in [0.25, 0.3) is 0 Å². The summed E-state index contributed by atoms with van der Waals surface area (Å²) < 4.78 is 15.2. The summed E-state index contributed by atoms with van der Waals surface area (Å²) in [4.78, 5) is 0. The van der Waals surface area contributed by atoms with E-state index in [0.29, 0.717) is 12.6 Å². The van der Waals surface area contributed by atoms with E-state index in [9.17, 15) is 4.39 Å². The minimum Gasteiger partial charge on any atom is -0.313 e. The van der Waals surface area contributed by atoms with Crippen LogP contribution < -0.4 is 5.32 Å². The molecule has 19 heavy (non-hydrogen) atoms. The molecule has 3 rings (SSSR count). The molecule has 1 heterocycles. The van der Waals surface area contributed by atoms with Crippen molar-refractivity contribution >= 4 is 0 Å². The van der Waals surface area contributed by atoms with Gasteiger partial charge in [-0.1, -0.05) is 12.1 Å². The van der Waals surface area contributed by atoms with Crippen LogP contribution in [0.25, 0.3) is 0 Å². The predicted molar refractivity (Wildman–Crippen MR) is 72.5 cm³/mol. The van der Waals surface area contributed by atoms with Gasteiger partial charge in [0.2, 0.25) is 0 Å². The molecule has 1 aliphatic carbocycles. The highest BCUT2D eigenvalue weighted by Gasteiger charge is 2.22. The monoisotopic (exact) mass is 259 g/mol. The minimum absolute atomic E-state index is 0.188. The molecule has 0 spiro atoms. The average molecular weight is 259 g/mol. The molecule has 4 heteroatoms. The number of nitrogens with zero attached hydrogens (tertiary/aromatic N) is 2. The summed E-state index contributed by atoms with van der Waals surface area (Å²) in [6.45, 7) is 0.642. The van der Waals surface area contributed by atoms with Crippen LogP contribution in [-0.2, 0) is 13.0 Å². The van der Waals surface area contributed by atoms with Crippen molar-refractivity contribution in [3.63, 3.8) is 0 Å². The van der Waals surface area contributed by atoms with Gasteiger partial charge in [0.15, 0.2) is 0 Å². The van der Waals surface area contributed by atoms with Gasteiger partial charge in [-0.15, -0.1) is 0 Å². The zero-order valence-corrected chi connectivity index (χ0v) is 11.1. The Balaban J connectivity index is 1.88. The quantitative estimate of drug-likeness (QED) is 0.918. The molecule has 1 unspecified atom stereocenters. The third-order valence-corrected chi connectivity index (χ3v) is 3.83. The molecular weight excluding hydrogens is 241 g/mol. The first-order valence-corrected chi connectivity index (χ1v) is 6.74. The van der Waals surface area contributed by atoms with Crippen LogP contribution in [0.5, 0.6) is 0 Å². The molecule has 0 aliphatic heterocycles. The number of fused-ring (bicyclic) bond motifs is 1. The molecule has 0 fully saturated rings. The van der Waals surface area contributed by atoms with Gasteiger partial charge in [0.1, 0.15) is 5.82 Å². The molecule has 2 aromatic rings. The van der Waals surface area contributed by atoms with Gasteiger partial charge in [-0.2, -0.15) is 5.10 Å². The highest BCUT2D eigenvalue weighted by molar-refractivity contribution is 5.26. The van der Waals surface area contributed by atoms with Gasteiger partial charge in [0, 0.05) is 17.3 Å². The lowest BCUT2D eigenvalue weighted by Gasteiger charge is -2.22. The SMILES string of the molecule is CNC1CCCc2c1cnn2Cc1cccc(F)c1. The predicted octanol–water partition coefficient (Wildman–Crippen LogP) is 2.67. The van der Waals surface area contributed by atoms with Crippen LogP contribution >= 0.6 is 0 Å². The number of aromatic nitrogens is 2. The molecule has 0 saturated carbocycles. The summed E-state index contributed by atoms with van der Waals surface area (Å²) in [6, 6.07) is 7.14. The van der Waals surface area contributed by atoms with Gasteiger partial charge in [0.05, 0.1) is 12.7 Å². The normalized spacial score (nSPS) is 18.3.